The van der Waals surface area contributed by atoms with E-state index in [0.29, 0.717) is 11.1 Å². The van der Waals surface area contributed by atoms with Crippen molar-refractivity contribution < 1.29 is 4.74 Å². The molecule has 3 rings (SSSR count). The molecule has 0 radical (unpaired) electrons. The van der Waals surface area contributed by atoms with E-state index in [2.05, 4.69) is 5.32 Å². The first-order chi connectivity index (χ1) is 9.33. The lowest BCUT2D eigenvalue weighted by Crippen LogP contribution is -2.53. The second-order valence-corrected chi connectivity index (χ2v) is 7.27. The molecule has 2 bridgehead atoms. The smallest absolute Gasteiger partial charge is 0.0483 e. The Balaban J connectivity index is 1.73. The maximum Gasteiger partial charge on any atom is 0.0483 e. The molecule has 1 N–H and O–H groups in total. The average molecular weight is 265 g/mol. The summed E-state index contributed by atoms with van der Waals surface area (Å²) in [6.45, 7) is 1.95. The highest BCUT2D eigenvalue weighted by molar-refractivity contribution is 5.06. The van der Waals surface area contributed by atoms with Gasteiger partial charge in [0.1, 0.15) is 0 Å². The molecule has 2 unspecified atom stereocenters. The van der Waals surface area contributed by atoms with Gasteiger partial charge in [0.25, 0.3) is 0 Å². The third-order valence-corrected chi connectivity index (χ3v) is 5.87. The minimum atomic E-state index is 0.430. The molecule has 3 aliphatic rings. The molecule has 3 heterocycles. The highest BCUT2D eigenvalue weighted by atomic mass is 16.5. The molecule has 0 spiro atoms. The predicted molar refractivity (Wildman–Crippen MR) is 79.4 cm³/mol. The van der Waals surface area contributed by atoms with Crippen molar-refractivity contribution in [2.24, 2.45) is 0 Å². The standard InChI is InChI=1S/C17H31NO/c1-2-4-6-8-16-10-11-17(18-16,9-7-5-3-1)13-15-19-14-12-16/h18H,1-15H2. The van der Waals surface area contributed by atoms with Crippen LogP contribution in [-0.4, -0.2) is 24.3 Å². The fraction of sp³-hybridized carbons (Fsp3) is 1.00. The zero-order chi connectivity index (χ0) is 13.0. The summed E-state index contributed by atoms with van der Waals surface area (Å²) in [6, 6.07) is 0. The van der Waals surface area contributed by atoms with Crippen molar-refractivity contribution in [2.45, 2.75) is 94.5 Å². The molecule has 3 aliphatic heterocycles. The van der Waals surface area contributed by atoms with Crippen molar-refractivity contribution >= 4 is 0 Å². The normalized spacial score (nSPS) is 41.7. The van der Waals surface area contributed by atoms with E-state index in [1.165, 1.54) is 83.5 Å². The fourth-order valence-electron chi connectivity index (χ4n) is 4.61. The number of rotatable bonds is 0. The van der Waals surface area contributed by atoms with E-state index < -0.39 is 0 Å². The van der Waals surface area contributed by atoms with Gasteiger partial charge < -0.3 is 10.1 Å². The Morgan fingerprint density at radius 2 is 1.00 bits per heavy atom. The van der Waals surface area contributed by atoms with Crippen LogP contribution in [0.15, 0.2) is 0 Å². The number of hydrogen-bond donors (Lipinski definition) is 1. The van der Waals surface area contributed by atoms with Crippen LogP contribution in [0.5, 0.6) is 0 Å². The average Bonchev–Trinajstić information content (AvgIpc) is 2.76. The van der Waals surface area contributed by atoms with Gasteiger partial charge >= 0.3 is 0 Å². The van der Waals surface area contributed by atoms with Crippen LogP contribution >= 0.6 is 0 Å². The molecular weight excluding hydrogens is 234 g/mol. The molecule has 0 aromatic carbocycles. The van der Waals surface area contributed by atoms with E-state index >= 15 is 0 Å². The minimum Gasteiger partial charge on any atom is -0.381 e. The van der Waals surface area contributed by atoms with Gasteiger partial charge in [-0.2, -0.15) is 0 Å². The maximum absolute atomic E-state index is 5.87. The molecule has 19 heavy (non-hydrogen) atoms. The van der Waals surface area contributed by atoms with Gasteiger partial charge in [0.05, 0.1) is 0 Å². The van der Waals surface area contributed by atoms with Gasteiger partial charge in [-0.3, -0.25) is 0 Å². The molecule has 3 fully saturated rings. The first-order valence-corrected chi connectivity index (χ1v) is 8.70. The summed E-state index contributed by atoms with van der Waals surface area (Å²) in [5, 5.41) is 4.16. The SMILES string of the molecule is C1CCCCC23CCOCCC(CCCC1)(CC2)N3. The quantitative estimate of drug-likeness (QED) is 0.709. The van der Waals surface area contributed by atoms with Crippen LogP contribution < -0.4 is 5.32 Å². The van der Waals surface area contributed by atoms with Crippen molar-refractivity contribution in [3.05, 3.63) is 0 Å². The van der Waals surface area contributed by atoms with E-state index in [4.69, 9.17) is 4.74 Å². The highest BCUT2D eigenvalue weighted by Gasteiger charge is 2.46. The van der Waals surface area contributed by atoms with Gasteiger partial charge in [-0.25, -0.2) is 0 Å². The number of nitrogens with one attached hydrogen (secondary N) is 1. The third-order valence-electron chi connectivity index (χ3n) is 5.87. The summed E-state index contributed by atoms with van der Waals surface area (Å²) < 4.78 is 5.87. The van der Waals surface area contributed by atoms with Crippen molar-refractivity contribution in [1.82, 2.24) is 5.32 Å². The van der Waals surface area contributed by atoms with Gasteiger partial charge in [-0.15, -0.1) is 0 Å². The number of hydrogen-bond acceptors (Lipinski definition) is 2. The Bertz CT molecular complexity index is 267. The lowest BCUT2D eigenvalue weighted by Gasteiger charge is -2.39. The minimum absolute atomic E-state index is 0.430. The molecule has 2 atom stereocenters. The summed E-state index contributed by atoms with van der Waals surface area (Å²) in [4.78, 5) is 0. The first-order valence-electron chi connectivity index (χ1n) is 8.70. The fourth-order valence-corrected chi connectivity index (χ4v) is 4.61. The Morgan fingerprint density at radius 3 is 1.53 bits per heavy atom. The van der Waals surface area contributed by atoms with E-state index in [-0.39, 0.29) is 0 Å². The second kappa shape index (κ2) is 6.13. The summed E-state index contributed by atoms with van der Waals surface area (Å²) in [5.41, 5.74) is 0.860. The lowest BCUT2D eigenvalue weighted by atomic mass is 9.87. The molecule has 0 aromatic rings. The molecular formula is C17H31NO. The molecule has 0 aliphatic carbocycles. The molecule has 2 nitrogen and oxygen atoms in total. The van der Waals surface area contributed by atoms with Crippen LogP contribution in [0.25, 0.3) is 0 Å². The first kappa shape index (κ1) is 13.9. The molecule has 2 heteroatoms. The number of ether oxygens (including phenoxy) is 1. The van der Waals surface area contributed by atoms with Crippen LogP contribution in [0.2, 0.25) is 0 Å². The van der Waals surface area contributed by atoms with Crippen molar-refractivity contribution in [1.29, 1.82) is 0 Å². The Labute approximate surface area is 118 Å². The zero-order valence-electron chi connectivity index (χ0n) is 12.5. The van der Waals surface area contributed by atoms with Crippen molar-refractivity contribution in [2.75, 3.05) is 13.2 Å². The van der Waals surface area contributed by atoms with E-state index in [1.807, 2.05) is 0 Å². The highest BCUT2D eigenvalue weighted by Crippen LogP contribution is 2.42. The van der Waals surface area contributed by atoms with Gasteiger partial charge in [-0.05, 0) is 38.5 Å². The van der Waals surface area contributed by atoms with Gasteiger partial charge in [0.2, 0.25) is 0 Å². The maximum atomic E-state index is 5.87. The zero-order valence-corrected chi connectivity index (χ0v) is 12.5. The summed E-state index contributed by atoms with van der Waals surface area (Å²) in [7, 11) is 0. The molecule has 3 saturated heterocycles. The van der Waals surface area contributed by atoms with Crippen molar-refractivity contribution in [3.63, 3.8) is 0 Å². The molecule has 0 aromatic heterocycles. The predicted octanol–water partition coefficient (Wildman–Crippen LogP) is 4.18. The Morgan fingerprint density at radius 1 is 0.526 bits per heavy atom. The second-order valence-electron chi connectivity index (χ2n) is 7.27. The van der Waals surface area contributed by atoms with Crippen molar-refractivity contribution in [3.8, 4) is 0 Å². The van der Waals surface area contributed by atoms with Crippen LogP contribution in [-0.2, 0) is 4.74 Å². The third kappa shape index (κ3) is 3.33. The molecule has 110 valence electrons. The summed E-state index contributed by atoms with van der Waals surface area (Å²) >= 11 is 0. The van der Waals surface area contributed by atoms with Gasteiger partial charge in [0.15, 0.2) is 0 Å². The monoisotopic (exact) mass is 265 g/mol. The lowest BCUT2D eigenvalue weighted by molar-refractivity contribution is 0.0610. The summed E-state index contributed by atoms with van der Waals surface area (Å²) in [5.74, 6) is 0. The largest absolute Gasteiger partial charge is 0.381 e. The van der Waals surface area contributed by atoms with E-state index in [0.717, 1.165) is 13.2 Å². The van der Waals surface area contributed by atoms with Gasteiger partial charge in [0, 0.05) is 24.3 Å². The van der Waals surface area contributed by atoms with Crippen LogP contribution in [0, 0.1) is 0 Å². The Hall–Kier alpha value is -0.0800. The van der Waals surface area contributed by atoms with Gasteiger partial charge in [-0.1, -0.05) is 44.9 Å². The summed E-state index contributed by atoms with van der Waals surface area (Å²) in [6.07, 6.45) is 18.2. The topological polar surface area (TPSA) is 21.3 Å². The molecule has 0 saturated carbocycles. The van der Waals surface area contributed by atoms with Crippen LogP contribution in [0.4, 0.5) is 0 Å². The van der Waals surface area contributed by atoms with Crippen LogP contribution in [0.3, 0.4) is 0 Å². The Kier molecular flexibility index (Phi) is 4.48. The molecule has 0 amide bonds. The van der Waals surface area contributed by atoms with E-state index in [9.17, 15) is 0 Å². The van der Waals surface area contributed by atoms with E-state index in [1.54, 1.807) is 0 Å². The van der Waals surface area contributed by atoms with Crippen LogP contribution in [0.1, 0.15) is 83.5 Å².